The highest BCUT2D eigenvalue weighted by molar-refractivity contribution is 5.66. The number of allylic oxidation sites excluding steroid dienone is 2. The van der Waals surface area contributed by atoms with Crippen molar-refractivity contribution in [3.05, 3.63) is 29.6 Å². The van der Waals surface area contributed by atoms with Gasteiger partial charge in [-0.15, -0.1) is 0 Å². The third-order valence-corrected chi connectivity index (χ3v) is 2.72. The summed E-state index contributed by atoms with van der Waals surface area (Å²) in [6.45, 7) is 8.72. The van der Waals surface area contributed by atoms with Gasteiger partial charge in [0.2, 0.25) is 0 Å². The van der Waals surface area contributed by atoms with Crippen molar-refractivity contribution in [2.75, 3.05) is 0 Å². The lowest BCUT2D eigenvalue weighted by atomic mass is 9.93. The van der Waals surface area contributed by atoms with Crippen LogP contribution in [0.5, 0.6) is 0 Å². The van der Waals surface area contributed by atoms with E-state index in [1.807, 2.05) is 6.20 Å². The fourth-order valence-electron chi connectivity index (χ4n) is 1.75. The van der Waals surface area contributed by atoms with Gasteiger partial charge in [0.15, 0.2) is 0 Å². The van der Waals surface area contributed by atoms with E-state index in [-0.39, 0.29) is 5.41 Å². The maximum Gasteiger partial charge on any atom is 0.0682 e. The van der Waals surface area contributed by atoms with Crippen molar-refractivity contribution in [2.45, 2.75) is 33.7 Å². The van der Waals surface area contributed by atoms with E-state index in [4.69, 9.17) is 0 Å². The van der Waals surface area contributed by atoms with Crippen LogP contribution in [0.15, 0.2) is 18.3 Å². The molecule has 0 fully saturated rings. The van der Waals surface area contributed by atoms with Crippen LogP contribution in [0.4, 0.5) is 0 Å². The van der Waals surface area contributed by atoms with Gasteiger partial charge >= 0.3 is 0 Å². The highest BCUT2D eigenvalue weighted by Crippen LogP contribution is 2.28. The highest BCUT2D eigenvalue weighted by Gasteiger charge is 2.16. The molecule has 0 unspecified atom stereocenters. The molecule has 2 nitrogen and oxygen atoms in total. The molecular weight excluding hydrogens is 184 g/mol. The SMILES string of the molecule is CC(C)n1ncc2c1C=CC(C)(C)C=C2. The van der Waals surface area contributed by atoms with Gasteiger partial charge in [-0.1, -0.05) is 32.1 Å². The second-order valence-electron chi connectivity index (χ2n) is 5.01. The first kappa shape index (κ1) is 10.2. The Morgan fingerprint density at radius 1 is 1.20 bits per heavy atom. The molecule has 0 spiro atoms. The summed E-state index contributed by atoms with van der Waals surface area (Å²) < 4.78 is 2.07. The van der Waals surface area contributed by atoms with E-state index in [2.05, 4.69) is 61.8 Å². The number of aromatic nitrogens is 2. The Kier molecular flexibility index (Phi) is 2.29. The Bertz CT molecular complexity index is 420. The minimum Gasteiger partial charge on any atom is -0.262 e. The number of rotatable bonds is 1. The summed E-state index contributed by atoms with van der Waals surface area (Å²) in [5.41, 5.74) is 2.57. The van der Waals surface area contributed by atoms with Crippen LogP contribution in [0.2, 0.25) is 0 Å². The molecule has 0 N–H and O–H groups in total. The van der Waals surface area contributed by atoms with Crippen LogP contribution >= 0.6 is 0 Å². The van der Waals surface area contributed by atoms with Gasteiger partial charge in [0.25, 0.3) is 0 Å². The number of nitrogens with zero attached hydrogens (tertiary/aromatic N) is 2. The number of hydrogen-bond acceptors (Lipinski definition) is 1. The van der Waals surface area contributed by atoms with E-state index >= 15 is 0 Å². The van der Waals surface area contributed by atoms with Gasteiger partial charge in [0.1, 0.15) is 0 Å². The van der Waals surface area contributed by atoms with Crippen molar-refractivity contribution >= 4 is 12.2 Å². The molecule has 2 rings (SSSR count). The Morgan fingerprint density at radius 2 is 1.87 bits per heavy atom. The van der Waals surface area contributed by atoms with E-state index in [0.717, 1.165) is 0 Å². The van der Waals surface area contributed by atoms with E-state index in [1.54, 1.807) is 0 Å². The lowest BCUT2D eigenvalue weighted by molar-refractivity contribution is 0.528. The molecule has 0 saturated heterocycles. The molecule has 0 aromatic carbocycles. The van der Waals surface area contributed by atoms with Gasteiger partial charge in [-0.25, -0.2) is 0 Å². The number of hydrogen-bond donors (Lipinski definition) is 0. The third kappa shape index (κ3) is 1.89. The zero-order valence-corrected chi connectivity index (χ0v) is 9.86. The molecule has 1 aromatic heterocycles. The Balaban J connectivity index is 2.51. The van der Waals surface area contributed by atoms with E-state index in [9.17, 15) is 0 Å². The van der Waals surface area contributed by atoms with Gasteiger partial charge < -0.3 is 0 Å². The first-order valence-corrected chi connectivity index (χ1v) is 5.45. The van der Waals surface area contributed by atoms with Crippen LogP contribution < -0.4 is 0 Å². The first-order chi connectivity index (χ1) is 6.99. The van der Waals surface area contributed by atoms with Gasteiger partial charge in [-0.3, -0.25) is 4.68 Å². The average molecular weight is 202 g/mol. The van der Waals surface area contributed by atoms with Gasteiger partial charge in [-0.2, -0.15) is 5.10 Å². The molecule has 1 aliphatic carbocycles. The van der Waals surface area contributed by atoms with Gasteiger partial charge in [0, 0.05) is 17.0 Å². The smallest absolute Gasteiger partial charge is 0.0682 e. The standard InChI is InChI=1S/C13H18N2/c1-10(2)15-12-6-8-13(3,4)7-5-11(12)9-14-15/h5-10H,1-4H3. The van der Waals surface area contributed by atoms with Crippen LogP contribution in [0.1, 0.15) is 45.0 Å². The van der Waals surface area contributed by atoms with Crippen molar-refractivity contribution < 1.29 is 0 Å². The third-order valence-electron chi connectivity index (χ3n) is 2.72. The van der Waals surface area contributed by atoms with E-state index < -0.39 is 0 Å². The van der Waals surface area contributed by atoms with Crippen molar-refractivity contribution in [1.82, 2.24) is 9.78 Å². The molecule has 0 amide bonds. The molecule has 0 saturated carbocycles. The van der Waals surface area contributed by atoms with Gasteiger partial charge in [0.05, 0.1) is 11.9 Å². The molecule has 80 valence electrons. The normalized spacial score (nSPS) is 17.9. The summed E-state index contributed by atoms with van der Waals surface area (Å²) in [4.78, 5) is 0. The highest BCUT2D eigenvalue weighted by atomic mass is 15.3. The van der Waals surface area contributed by atoms with Crippen LogP contribution in [-0.2, 0) is 0 Å². The predicted molar refractivity (Wildman–Crippen MR) is 64.5 cm³/mol. The van der Waals surface area contributed by atoms with Crippen molar-refractivity contribution in [2.24, 2.45) is 5.41 Å². The predicted octanol–water partition coefficient (Wildman–Crippen LogP) is 3.53. The maximum absolute atomic E-state index is 4.40. The summed E-state index contributed by atoms with van der Waals surface area (Å²) in [5.74, 6) is 0. The van der Waals surface area contributed by atoms with Crippen molar-refractivity contribution in [3.63, 3.8) is 0 Å². The van der Waals surface area contributed by atoms with E-state index in [1.165, 1.54) is 11.3 Å². The molecule has 1 aromatic rings. The lowest BCUT2D eigenvalue weighted by Gasteiger charge is -2.12. The topological polar surface area (TPSA) is 17.8 Å². The minimum absolute atomic E-state index is 0.140. The molecule has 15 heavy (non-hydrogen) atoms. The van der Waals surface area contributed by atoms with Crippen LogP contribution in [0.25, 0.3) is 12.2 Å². The van der Waals surface area contributed by atoms with Crippen LogP contribution in [0, 0.1) is 5.41 Å². The summed E-state index contributed by atoms with van der Waals surface area (Å²) >= 11 is 0. The number of fused-ring (bicyclic) bond motifs is 1. The molecule has 1 aliphatic rings. The zero-order chi connectivity index (χ0) is 11.1. The van der Waals surface area contributed by atoms with Crippen LogP contribution in [0.3, 0.4) is 0 Å². The van der Waals surface area contributed by atoms with Gasteiger partial charge in [-0.05, 0) is 19.9 Å². The summed E-state index contributed by atoms with van der Waals surface area (Å²) in [7, 11) is 0. The summed E-state index contributed by atoms with van der Waals surface area (Å²) in [6, 6.07) is 0.410. The zero-order valence-electron chi connectivity index (χ0n) is 9.86. The fraction of sp³-hybridized carbons (Fsp3) is 0.462. The first-order valence-electron chi connectivity index (χ1n) is 5.45. The minimum atomic E-state index is 0.140. The molecule has 0 bridgehead atoms. The molecular formula is C13H18N2. The van der Waals surface area contributed by atoms with E-state index in [0.29, 0.717) is 6.04 Å². The molecule has 2 heteroatoms. The Morgan fingerprint density at radius 3 is 2.53 bits per heavy atom. The van der Waals surface area contributed by atoms with Crippen molar-refractivity contribution in [1.29, 1.82) is 0 Å². The Hall–Kier alpha value is -1.31. The molecule has 0 aliphatic heterocycles. The van der Waals surface area contributed by atoms with Crippen LogP contribution in [-0.4, -0.2) is 9.78 Å². The monoisotopic (exact) mass is 202 g/mol. The molecule has 1 heterocycles. The second kappa shape index (κ2) is 3.37. The lowest BCUT2D eigenvalue weighted by Crippen LogP contribution is -2.05. The maximum atomic E-state index is 4.40. The fourth-order valence-corrected chi connectivity index (χ4v) is 1.75. The van der Waals surface area contributed by atoms with Crippen molar-refractivity contribution in [3.8, 4) is 0 Å². The largest absolute Gasteiger partial charge is 0.262 e. The quantitative estimate of drug-likeness (QED) is 0.681. The molecule has 0 radical (unpaired) electrons. The summed E-state index contributed by atoms with van der Waals surface area (Å²) in [5, 5.41) is 4.40. The molecule has 0 atom stereocenters. The average Bonchev–Trinajstić information content (AvgIpc) is 2.49. The summed E-state index contributed by atoms with van der Waals surface area (Å²) in [6.07, 6.45) is 10.7. The Labute approximate surface area is 91.3 Å². The second-order valence-corrected chi connectivity index (χ2v) is 5.01.